The first-order valence-corrected chi connectivity index (χ1v) is 7.77. The van der Waals surface area contributed by atoms with Gasteiger partial charge in [0.1, 0.15) is 0 Å². The molecule has 21 heavy (non-hydrogen) atoms. The van der Waals surface area contributed by atoms with E-state index in [0.717, 1.165) is 30.0 Å². The highest BCUT2D eigenvalue weighted by molar-refractivity contribution is 6.31. The van der Waals surface area contributed by atoms with Gasteiger partial charge in [-0.05, 0) is 42.2 Å². The second-order valence-corrected chi connectivity index (χ2v) is 5.89. The van der Waals surface area contributed by atoms with Crippen LogP contribution in [0.25, 0.3) is 0 Å². The highest BCUT2D eigenvalue weighted by atomic mass is 35.5. The van der Waals surface area contributed by atoms with E-state index in [1.165, 1.54) is 11.3 Å². The summed E-state index contributed by atoms with van der Waals surface area (Å²) in [6.45, 7) is 2.92. The van der Waals surface area contributed by atoms with Gasteiger partial charge in [0.25, 0.3) is 0 Å². The van der Waals surface area contributed by atoms with Crippen LogP contribution in [0.5, 0.6) is 0 Å². The topological polar surface area (TPSA) is 29.3 Å². The van der Waals surface area contributed by atoms with Gasteiger partial charge in [-0.15, -0.1) is 0 Å². The second-order valence-electron chi connectivity index (χ2n) is 5.49. The Kier molecular flexibility index (Phi) is 5.66. The minimum atomic E-state index is 0.247. The molecule has 0 bridgehead atoms. The zero-order valence-electron chi connectivity index (χ0n) is 12.7. The molecule has 2 N–H and O–H groups in total. The van der Waals surface area contributed by atoms with Crippen molar-refractivity contribution in [1.82, 2.24) is 0 Å². The van der Waals surface area contributed by atoms with E-state index >= 15 is 0 Å². The monoisotopic (exact) mass is 302 g/mol. The zero-order chi connectivity index (χ0) is 15.2. The third-order valence-electron chi connectivity index (χ3n) is 3.76. The fourth-order valence-electron chi connectivity index (χ4n) is 2.31. The van der Waals surface area contributed by atoms with Crippen LogP contribution in [0.1, 0.15) is 24.5 Å². The third kappa shape index (κ3) is 4.48. The molecule has 0 spiro atoms. The molecule has 2 aromatic carbocycles. The lowest BCUT2D eigenvalue weighted by atomic mass is 10.0. The van der Waals surface area contributed by atoms with Crippen molar-refractivity contribution in [2.75, 3.05) is 11.9 Å². The molecule has 2 nitrogen and oxygen atoms in total. The van der Waals surface area contributed by atoms with Crippen molar-refractivity contribution in [2.45, 2.75) is 32.4 Å². The summed E-state index contributed by atoms with van der Waals surface area (Å²) in [5, 5.41) is 0.815. The van der Waals surface area contributed by atoms with Crippen LogP contribution >= 0.6 is 11.6 Å². The first-order valence-electron chi connectivity index (χ1n) is 7.39. The van der Waals surface area contributed by atoms with E-state index in [2.05, 4.69) is 49.2 Å². The van der Waals surface area contributed by atoms with Gasteiger partial charge in [0.15, 0.2) is 0 Å². The Morgan fingerprint density at radius 1 is 1.10 bits per heavy atom. The van der Waals surface area contributed by atoms with E-state index in [0.29, 0.717) is 0 Å². The molecule has 0 radical (unpaired) electrons. The maximum atomic E-state index is 6.21. The predicted octanol–water partition coefficient (Wildman–Crippen LogP) is 4.26. The number of benzene rings is 2. The fraction of sp³-hybridized carbons (Fsp3) is 0.333. The van der Waals surface area contributed by atoms with E-state index < -0.39 is 0 Å². The summed E-state index contributed by atoms with van der Waals surface area (Å²) >= 11 is 6.21. The second kappa shape index (κ2) is 7.48. The van der Waals surface area contributed by atoms with Crippen molar-refractivity contribution in [2.24, 2.45) is 5.73 Å². The lowest BCUT2D eigenvalue weighted by Gasteiger charge is -2.20. The third-order valence-corrected chi connectivity index (χ3v) is 4.13. The number of anilines is 1. The summed E-state index contributed by atoms with van der Waals surface area (Å²) in [5.74, 6) is 0. The smallest absolute Gasteiger partial charge is 0.0455 e. The number of hydrogen-bond acceptors (Lipinski definition) is 2. The number of nitrogens with zero attached hydrogens (tertiary/aromatic N) is 1. The fourth-order valence-corrected chi connectivity index (χ4v) is 2.50. The van der Waals surface area contributed by atoms with Crippen molar-refractivity contribution >= 4 is 17.3 Å². The van der Waals surface area contributed by atoms with Gasteiger partial charge in [0.2, 0.25) is 0 Å². The van der Waals surface area contributed by atoms with E-state index in [-0.39, 0.29) is 6.04 Å². The molecule has 0 aromatic heterocycles. The molecule has 0 heterocycles. The van der Waals surface area contributed by atoms with Crippen LogP contribution in [0.2, 0.25) is 5.02 Å². The summed E-state index contributed by atoms with van der Waals surface area (Å²) in [6, 6.07) is 16.8. The molecule has 0 saturated carbocycles. The van der Waals surface area contributed by atoms with Crippen molar-refractivity contribution in [3.05, 3.63) is 64.7 Å². The number of rotatable bonds is 6. The van der Waals surface area contributed by atoms with Crippen LogP contribution in [0, 0.1) is 0 Å². The summed E-state index contributed by atoms with van der Waals surface area (Å²) < 4.78 is 0. The summed E-state index contributed by atoms with van der Waals surface area (Å²) in [7, 11) is 2.08. The Bertz CT molecular complexity index is 566. The lowest BCUT2D eigenvalue weighted by molar-refractivity contribution is 0.646. The average Bonchev–Trinajstić information content (AvgIpc) is 2.50. The minimum absolute atomic E-state index is 0.247. The van der Waals surface area contributed by atoms with Crippen LogP contribution in [-0.4, -0.2) is 13.1 Å². The molecule has 3 heteroatoms. The van der Waals surface area contributed by atoms with Gasteiger partial charge >= 0.3 is 0 Å². The molecule has 0 fully saturated rings. The number of nitrogens with two attached hydrogens (primary N) is 1. The minimum Gasteiger partial charge on any atom is -0.370 e. The predicted molar refractivity (Wildman–Crippen MR) is 92.0 cm³/mol. The van der Waals surface area contributed by atoms with Crippen LogP contribution in [-0.2, 0) is 13.0 Å². The Hall–Kier alpha value is -1.51. The van der Waals surface area contributed by atoms with Crippen LogP contribution < -0.4 is 10.6 Å². The molecule has 2 rings (SSSR count). The standard InChI is InChI=1S/C18H23ClN2/c1-3-16(20)12-14-8-10-17(11-9-14)21(2)13-15-6-4-5-7-18(15)19/h4-11,16H,3,12-13,20H2,1-2H3. The first-order chi connectivity index (χ1) is 10.1. The van der Waals surface area contributed by atoms with Crippen molar-refractivity contribution in [1.29, 1.82) is 0 Å². The summed E-state index contributed by atoms with van der Waals surface area (Å²) in [4.78, 5) is 2.20. The molecule has 0 aliphatic heterocycles. The van der Waals surface area contributed by atoms with Gasteiger partial charge in [0.05, 0.1) is 0 Å². The van der Waals surface area contributed by atoms with E-state index in [9.17, 15) is 0 Å². The van der Waals surface area contributed by atoms with Crippen LogP contribution in [0.3, 0.4) is 0 Å². The van der Waals surface area contributed by atoms with E-state index in [1.54, 1.807) is 0 Å². The first kappa shape index (κ1) is 15.9. The molecule has 0 saturated heterocycles. The van der Waals surface area contributed by atoms with Crippen molar-refractivity contribution in [3.8, 4) is 0 Å². The van der Waals surface area contributed by atoms with E-state index in [4.69, 9.17) is 17.3 Å². The zero-order valence-corrected chi connectivity index (χ0v) is 13.5. The van der Waals surface area contributed by atoms with Gasteiger partial charge in [0, 0.05) is 30.3 Å². The highest BCUT2D eigenvalue weighted by Crippen LogP contribution is 2.21. The quantitative estimate of drug-likeness (QED) is 0.864. The SMILES string of the molecule is CCC(N)Cc1ccc(N(C)Cc2ccccc2Cl)cc1. The summed E-state index contributed by atoms with van der Waals surface area (Å²) in [6.07, 6.45) is 1.94. The Morgan fingerprint density at radius 3 is 2.38 bits per heavy atom. The summed E-state index contributed by atoms with van der Waals surface area (Å²) in [5.41, 5.74) is 9.61. The normalized spacial score (nSPS) is 12.2. The molecule has 0 amide bonds. The Morgan fingerprint density at radius 2 is 1.76 bits per heavy atom. The van der Waals surface area contributed by atoms with Gasteiger partial charge in [-0.3, -0.25) is 0 Å². The Labute approximate surface area is 132 Å². The lowest BCUT2D eigenvalue weighted by Crippen LogP contribution is -2.21. The van der Waals surface area contributed by atoms with Crippen molar-refractivity contribution in [3.63, 3.8) is 0 Å². The number of hydrogen-bond donors (Lipinski definition) is 1. The molecular weight excluding hydrogens is 280 g/mol. The molecule has 1 atom stereocenters. The van der Waals surface area contributed by atoms with Gasteiger partial charge in [-0.25, -0.2) is 0 Å². The number of halogens is 1. The molecule has 2 aromatic rings. The van der Waals surface area contributed by atoms with Crippen molar-refractivity contribution < 1.29 is 0 Å². The van der Waals surface area contributed by atoms with Gasteiger partial charge in [-0.2, -0.15) is 0 Å². The largest absolute Gasteiger partial charge is 0.370 e. The molecule has 0 aliphatic carbocycles. The molecule has 0 aliphatic rings. The van der Waals surface area contributed by atoms with E-state index in [1.807, 2.05) is 18.2 Å². The Balaban J connectivity index is 2.03. The van der Waals surface area contributed by atoms with Crippen LogP contribution in [0.15, 0.2) is 48.5 Å². The van der Waals surface area contributed by atoms with Gasteiger partial charge < -0.3 is 10.6 Å². The van der Waals surface area contributed by atoms with Gasteiger partial charge in [-0.1, -0.05) is 48.9 Å². The average molecular weight is 303 g/mol. The maximum absolute atomic E-state index is 6.21. The maximum Gasteiger partial charge on any atom is 0.0455 e. The van der Waals surface area contributed by atoms with Crippen LogP contribution in [0.4, 0.5) is 5.69 Å². The molecule has 112 valence electrons. The molecular formula is C18H23ClN2. The molecule has 1 unspecified atom stereocenters. The highest BCUT2D eigenvalue weighted by Gasteiger charge is 2.06.